The summed E-state index contributed by atoms with van der Waals surface area (Å²) in [4.78, 5) is 7.22. The van der Waals surface area contributed by atoms with Crippen molar-refractivity contribution in [2.45, 2.75) is 38.6 Å². The van der Waals surface area contributed by atoms with Crippen molar-refractivity contribution in [1.29, 1.82) is 0 Å². The molecule has 3 N–H and O–H groups in total. The smallest absolute Gasteiger partial charge is 0.191 e. The molecular weight excluding hydrogens is 356 g/mol. The molecule has 5 nitrogen and oxygen atoms in total. The molecule has 1 saturated heterocycles. The third kappa shape index (κ3) is 6.17. The van der Waals surface area contributed by atoms with Crippen LogP contribution in [0.1, 0.15) is 31.7 Å². The Morgan fingerprint density at radius 3 is 2.67 bits per heavy atom. The summed E-state index contributed by atoms with van der Waals surface area (Å²) in [5.74, 6) is 1.25. The minimum absolute atomic E-state index is 0.320. The van der Waals surface area contributed by atoms with Crippen molar-refractivity contribution in [2.75, 3.05) is 31.1 Å². The summed E-state index contributed by atoms with van der Waals surface area (Å²) >= 11 is 1.82. The lowest BCUT2D eigenvalue weighted by molar-refractivity contribution is 0.463. The minimum atomic E-state index is 0.320. The summed E-state index contributed by atoms with van der Waals surface area (Å²) in [5, 5.41) is 19.9. The summed E-state index contributed by atoms with van der Waals surface area (Å²) < 4.78 is 0. The Kier molecular flexibility index (Phi) is 7.39. The molecule has 0 amide bonds. The van der Waals surface area contributed by atoms with Gasteiger partial charge in [0.15, 0.2) is 5.96 Å². The van der Waals surface area contributed by atoms with Crippen LogP contribution < -0.4 is 15.5 Å². The van der Waals surface area contributed by atoms with Crippen LogP contribution >= 0.6 is 11.3 Å². The average Bonchev–Trinajstić information content (AvgIpc) is 3.22. The Morgan fingerprint density at radius 1 is 1.22 bits per heavy atom. The molecule has 0 atom stereocenters. The molecule has 3 rings (SSSR count). The number of nitrogens with zero attached hydrogens (tertiary/aromatic N) is 2. The van der Waals surface area contributed by atoms with Gasteiger partial charge in [0.2, 0.25) is 0 Å². The van der Waals surface area contributed by atoms with Crippen LogP contribution in [-0.4, -0.2) is 43.3 Å². The number of nitrogens with one attached hydrogen (secondary N) is 2. The molecule has 1 fully saturated rings. The van der Waals surface area contributed by atoms with E-state index >= 15 is 0 Å². The predicted octanol–water partition coefficient (Wildman–Crippen LogP) is 3.61. The third-order valence-electron chi connectivity index (χ3n) is 4.83. The van der Waals surface area contributed by atoms with E-state index in [1.54, 1.807) is 12.1 Å². The van der Waals surface area contributed by atoms with E-state index in [0.717, 1.165) is 57.8 Å². The topological polar surface area (TPSA) is 59.9 Å². The van der Waals surface area contributed by atoms with E-state index in [1.165, 1.54) is 10.6 Å². The van der Waals surface area contributed by atoms with Gasteiger partial charge in [-0.3, -0.25) is 4.99 Å². The molecule has 27 heavy (non-hydrogen) atoms. The highest BCUT2D eigenvalue weighted by Gasteiger charge is 2.20. The first kappa shape index (κ1) is 19.5. The molecule has 0 unspecified atom stereocenters. The number of phenols is 1. The Hall–Kier alpha value is -2.21. The number of thiophene rings is 1. The number of rotatable bonds is 7. The number of benzene rings is 1. The summed E-state index contributed by atoms with van der Waals surface area (Å²) in [5.41, 5.74) is 1.24. The lowest BCUT2D eigenvalue weighted by Gasteiger charge is -2.33. The average molecular weight is 387 g/mol. The van der Waals surface area contributed by atoms with E-state index in [2.05, 4.69) is 40.0 Å². The fourth-order valence-corrected chi connectivity index (χ4v) is 4.13. The second-order valence-electron chi connectivity index (χ2n) is 6.89. The number of hydrogen-bond donors (Lipinski definition) is 3. The molecule has 0 aliphatic carbocycles. The molecule has 6 heteroatoms. The van der Waals surface area contributed by atoms with Crippen LogP contribution in [0, 0.1) is 0 Å². The van der Waals surface area contributed by atoms with Crippen LogP contribution in [0.15, 0.2) is 46.8 Å². The van der Waals surface area contributed by atoms with Crippen molar-refractivity contribution in [3.63, 3.8) is 0 Å². The molecule has 1 aliphatic rings. The van der Waals surface area contributed by atoms with Crippen LogP contribution in [0.3, 0.4) is 0 Å². The number of anilines is 1. The second-order valence-corrected chi connectivity index (χ2v) is 7.81. The van der Waals surface area contributed by atoms with Crippen molar-refractivity contribution in [1.82, 2.24) is 10.6 Å². The van der Waals surface area contributed by atoms with Crippen LogP contribution in [-0.2, 0) is 6.42 Å². The van der Waals surface area contributed by atoms with E-state index in [-0.39, 0.29) is 0 Å². The van der Waals surface area contributed by atoms with E-state index in [0.29, 0.717) is 11.8 Å². The Bertz CT molecular complexity index is 691. The number of aromatic hydroxyl groups is 1. The largest absolute Gasteiger partial charge is 0.508 e. The zero-order valence-corrected chi connectivity index (χ0v) is 16.8. The third-order valence-corrected chi connectivity index (χ3v) is 5.76. The fourth-order valence-electron chi connectivity index (χ4n) is 3.34. The van der Waals surface area contributed by atoms with Gasteiger partial charge < -0.3 is 20.6 Å². The summed E-state index contributed by atoms with van der Waals surface area (Å²) in [7, 11) is 0. The number of aryl methyl sites for hydroxylation is 1. The fraction of sp³-hybridized carbons (Fsp3) is 0.476. The van der Waals surface area contributed by atoms with Gasteiger partial charge >= 0.3 is 0 Å². The monoisotopic (exact) mass is 386 g/mol. The first-order valence-corrected chi connectivity index (χ1v) is 10.7. The highest BCUT2D eigenvalue weighted by molar-refractivity contribution is 7.14. The molecular formula is C21H30N4OS. The van der Waals surface area contributed by atoms with Gasteiger partial charge in [0.1, 0.15) is 5.75 Å². The summed E-state index contributed by atoms with van der Waals surface area (Å²) in [6.07, 6.45) is 4.24. The summed E-state index contributed by atoms with van der Waals surface area (Å²) in [6.45, 7) is 5.96. The van der Waals surface area contributed by atoms with Gasteiger partial charge in [0, 0.05) is 32.2 Å². The first-order valence-electron chi connectivity index (χ1n) is 9.86. The van der Waals surface area contributed by atoms with Crippen molar-refractivity contribution in [2.24, 2.45) is 4.99 Å². The van der Waals surface area contributed by atoms with Crippen molar-refractivity contribution in [3.8, 4) is 5.75 Å². The lowest BCUT2D eigenvalue weighted by Crippen LogP contribution is -2.48. The van der Waals surface area contributed by atoms with Gasteiger partial charge in [0.05, 0.1) is 5.00 Å². The van der Waals surface area contributed by atoms with Gasteiger partial charge in [-0.2, -0.15) is 0 Å². The van der Waals surface area contributed by atoms with E-state index in [9.17, 15) is 5.11 Å². The van der Waals surface area contributed by atoms with E-state index in [1.807, 2.05) is 23.5 Å². The predicted molar refractivity (Wildman–Crippen MR) is 115 cm³/mol. The maximum Gasteiger partial charge on any atom is 0.191 e. The van der Waals surface area contributed by atoms with Gasteiger partial charge in [-0.25, -0.2) is 0 Å². The minimum Gasteiger partial charge on any atom is -0.508 e. The SMILES string of the molecule is CCNC(=NCCCc1ccc(O)cc1)NC1CCN(c2cccs2)CC1. The number of guanidine groups is 1. The molecule has 146 valence electrons. The maximum absolute atomic E-state index is 9.35. The normalized spacial score (nSPS) is 15.7. The first-order chi connectivity index (χ1) is 13.2. The molecule has 2 aromatic rings. The number of phenolic OH excluding ortho intramolecular Hbond substituents is 1. The number of aliphatic imine (C=N–C) groups is 1. The van der Waals surface area contributed by atoms with Gasteiger partial charge in [-0.15, -0.1) is 11.3 Å². The maximum atomic E-state index is 9.35. The quantitative estimate of drug-likeness (QED) is 0.386. The van der Waals surface area contributed by atoms with Crippen LogP contribution in [0.5, 0.6) is 5.75 Å². The van der Waals surface area contributed by atoms with Crippen LogP contribution in [0.4, 0.5) is 5.00 Å². The molecule has 2 heterocycles. The van der Waals surface area contributed by atoms with E-state index < -0.39 is 0 Å². The zero-order valence-electron chi connectivity index (χ0n) is 16.0. The Balaban J connectivity index is 1.43. The molecule has 1 aromatic heterocycles. The highest BCUT2D eigenvalue weighted by Crippen LogP contribution is 2.24. The van der Waals surface area contributed by atoms with Gasteiger partial charge in [0.25, 0.3) is 0 Å². The molecule has 0 bridgehead atoms. The summed E-state index contributed by atoms with van der Waals surface area (Å²) in [6, 6.07) is 12.3. The van der Waals surface area contributed by atoms with Crippen LogP contribution in [0.25, 0.3) is 0 Å². The number of hydrogen-bond acceptors (Lipinski definition) is 4. The molecule has 0 radical (unpaired) electrons. The lowest BCUT2D eigenvalue weighted by atomic mass is 10.1. The molecule has 0 spiro atoms. The van der Waals surface area contributed by atoms with Gasteiger partial charge in [-0.05, 0) is 67.8 Å². The highest BCUT2D eigenvalue weighted by atomic mass is 32.1. The number of piperidine rings is 1. The Morgan fingerprint density at radius 2 is 2.00 bits per heavy atom. The molecule has 1 aromatic carbocycles. The van der Waals surface area contributed by atoms with Crippen molar-refractivity contribution in [3.05, 3.63) is 47.3 Å². The Labute approximate surface area is 166 Å². The molecule has 0 saturated carbocycles. The van der Waals surface area contributed by atoms with Crippen LogP contribution in [0.2, 0.25) is 0 Å². The standard InChI is InChI=1S/C21H30N4OS/c1-2-22-21(23-13-3-5-17-7-9-19(26)10-8-17)24-18-11-14-25(15-12-18)20-6-4-16-27-20/h4,6-10,16,18,26H,2-3,5,11-15H2,1H3,(H2,22,23,24). The van der Waals surface area contributed by atoms with Gasteiger partial charge in [-0.1, -0.05) is 12.1 Å². The molecule has 1 aliphatic heterocycles. The van der Waals surface area contributed by atoms with Crippen molar-refractivity contribution >= 4 is 22.3 Å². The van der Waals surface area contributed by atoms with Crippen molar-refractivity contribution < 1.29 is 5.11 Å². The zero-order chi connectivity index (χ0) is 18.9. The second kappa shape index (κ2) is 10.2. The van der Waals surface area contributed by atoms with E-state index in [4.69, 9.17) is 4.99 Å².